The Bertz CT molecular complexity index is 691. The van der Waals surface area contributed by atoms with Crippen molar-refractivity contribution in [3.8, 4) is 0 Å². The lowest BCUT2D eigenvalue weighted by atomic mass is 9.96. The molecule has 4 atom stereocenters. The van der Waals surface area contributed by atoms with Crippen LogP contribution >= 0.6 is 11.6 Å². The highest BCUT2D eigenvalue weighted by Crippen LogP contribution is 2.37. The van der Waals surface area contributed by atoms with E-state index in [0.717, 1.165) is 0 Å². The molecule has 4 unspecified atom stereocenters. The number of hydrogen-bond acceptors (Lipinski definition) is 7. The topological polar surface area (TPSA) is 143 Å². The Morgan fingerprint density at radius 3 is 2.86 bits per heavy atom. The molecule has 9 nitrogen and oxygen atoms in total. The molecule has 1 aliphatic heterocycles. The van der Waals surface area contributed by atoms with Crippen molar-refractivity contribution in [3.05, 3.63) is 11.5 Å². The van der Waals surface area contributed by atoms with Crippen molar-refractivity contribution in [2.45, 2.75) is 31.0 Å². The van der Waals surface area contributed by atoms with E-state index in [0.29, 0.717) is 11.2 Å². The smallest absolute Gasteiger partial charge is 0.273 e. The first-order valence-electron chi connectivity index (χ1n) is 6.23. The number of aromatic nitrogens is 4. The van der Waals surface area contributed by atoms with Gasteiger partial charge in [0, 0.05) is 0 Å². The Morgan fingerprint density at radius 1 is 1.52 bits per heavy atom. The van der Waals surface area contributed by atoms with Crippen molar-refractivity contribution in [3.63, 3.8) is 0 Å². The van der Waals surface area contributed by atoms with Gasteiger partial charge in [0.15, 0.2) is 22.5 Å². The Labute approximate surface area is 124 Å². The summed E-state index contributed by atoms with van der Waals surface area (Å²) in [5, 5.41) is 29.8. The molecule has 1 aliphatic rings. The molecule has 1 fully saturated rings. The molecular formula is C11H15ClN5O4+. The molecule has 2 aromatic rings. The number of nitrogens with zero attached hydrogens (tertiary/aromatic N) is 4. The fourth-order valence-corrected chi connectivity index (χ4v) is 2.75. The zero-order chi connectivity index (χ0) is 15.4. The lowest BCUT2D eigenvalue weighted by Gasteiger charge is -2.22. The van der Waals surface area contributed by atoms with E-state index < -0.39 is 24.0 Å². The number of anilines is 1. The minimum atomic E-state index is -1.59. The normalized spacial score (nSPS) is 32.9. The van der Waals surface area contributed by atoms with Gasteiger partial charge in [-0.1, -0.05) is 11.6 Å². The fourth-order valence-electron chi connectivity index (χ4n) is 2.53. The fraction of sp³-hybridized carbons (Fsp3) is 0.545. The monoisotopic (exact) mass is 316 g/mol. The molecule has 0 bridgehead atoms. The van der Waals surface area contributed by atoms with Gasteiger partial charge < -0.3 is 25.8 Å². The number of nitrogen functional groups attached to an aromatic ring is 1. The number of hydrogen-bond donors (Lipinski definition) is 4. The minimum absolute atomic E-state index is 0.0360. The average Bonchev–Trinajstić information content (AvgIpc) is 2.91. The summed E-state index contributed by atoms with van der Waals surface area (Å²) >= 11 is 5.95. The second-order valence-corrected chi connectivity index (χ2v) is 5.50. The van der Waals surface area contributed by atoms with Gasteiger partial charge in [-0.25, -0.2) is 9.55 Å². The van der Waals surface area contributed by atoms with Crippen molar-refractivity contribution in [1.29, 1.82) is 0 Å². The van der Waals surface area contributed by atoms with Crippen LogP contribution in [0.4, 0.5) is 5.95 Å². The molecule has 0 radical (unpaired) electrons. The number of fused-ring (bicyclic) bond motifs is 1. The maximum Gasteiger partial charge on any atom is 0.273 e. The molecule has 0 aliphatic carbocycles. The molecule has 114 valence electrons. The molecule has 21 heavy (non-hydrogen) atoms. The summed E-state index contributed by atoms with van der Waals surface area (Å²) in [6, 6.07) is 0. The van der Waals surface area contributed by atoms with Crippen LogP contribution in [0.3, 0.4) is 0 Å². The SMILES string of the molecule is CC1(O)C(O)C(CO)[OH+]C1n1cnc2c(Cl)nc(N)nc21. The van der Waals surface area contributed by atoms with Gasteiger partial charge >= 0.3 is 0 Å². The van der Waals surface area contributed by atoms with E-state index in [9.17, 15) is 15.3 Å². The van der Waals surface area contributed by atoms with Crippen LogP contribution in [0.25, 0.3) is 11.2 Å². The summed E-state index contributed by atoms with van der Waals surface area (Å²) in [5.41, 5.74) is 4.60. The molecule has 6 N–H and O–H groups in total. The van der Waals surface area contributed by atoms with E-state index in [4.69, 9.17) is 17.3 Å². The van der Waals surface area contributed by atoms with Gasteiger partial charge in [0.2, 0.25) is 12.1 Å². The summed E-state index contributed by atoms with van der Waals surface area (Å²) < 4.78 is 5.68. The predicted molar refractivity (Wildman–Crippen MR) is 73.5 cm³/mol. The van der Waals surface area contributed by atoms with Gasteiger partial charge in [0.1, 0.15) is 18.5 Å². The zero-order valence-electron chi connectivity index (χ0n) is 11.0. The van der Waals surface area contributed by atoms with E-state index in [2.05, 4.69) is 19.7 Å². The third-order valence-electron chi connectivity index (χ3n) is 3.67. The van der Waals surface area contributed by atoms with Crippen molar-refractivity contribution in [2.24, 2.45) is 0 Å². The molecule has 3 heterocycles. The summed E-state index contributed by atoms with van der Waals surface area (Å²) in [5.74, 6) is -0.0360. The lowest BCUT2D eigenvalue weighted by molar-refractivity contribution is -0.195. The molecule has 2 aromatic heterocycles. The zero-order valence-corrected chi connectivity index (χ0v) is 11.8. The minimum Gasteiger partial charge on any atom is -0.406 e. The second kappa shape index (κ2) is 4.75. The highest BCUT2D eigenvalue weighted by Gasteiger charge is 2.58. The van der Waals surface area contributed by atoms with Crippen molar-refractivity contribution in [2.75, 3.05) is 12.3 Å². The number of rotatable bonds is 2. The van der Waals surface area contributed by atoms with Crippen LogP contribution in [0.15, 0.2) is 6.33 Å². The average molecular weight is 317 g/mol. The van der Waals surface area contributed by atoms with Crippen LogP contribution in [0, 0.1) is 0 Å². The molecule has 0 aromatic carbocycles. The summed E-state index contributed by atoms with van der Waals surface area (Å²) in [6.07, 6.45) is -1.49. The third-order valence-corrected chi connectivity index (χ3v) is 3.93. The van der Waals surface area contributed by atoms with Crippen LogP contribution in [0.5, 0.6) is 0 Å². The number of nitrogens with two attached hydrogens (primary N) is 1. The van der Waals surface area contributed by atoms with Crippen molar-refractivity contribution in [1.82, 2.24) is 19.5 Å². The molecule has 10 heteroatoms. The summed E-state index contributed by atoms with van der Waals surface area (Å²) in [6.45, 7) is 1.05. The predicted octanol–water partition coefficient (Wildman–Crippen LogP) is -1.43. The molecular weight excluding hydrogens is 302 g/mol. The van der Waals surface area contributed by atoms with Gasteiger partial charge in [-0.05, 0) is 6.92 Å². The molecule has 0 saturated carbocycles. The first kappa shape index (κ1) is 14.4. The molecule has 1 saturated heterocycles. The standard InChI is InChI=1S/C11H14ClN5O4/c1-11(20)6(19)4(2-18)21-9(11)17-3-14-5-7(12)15-10(13)16-8(5)17/h3-4,6,9,18-20H,2H2,1H3,(H2,13,15,16)/p+1. The maximum atomic E-state index is 10.5. The van der Waals surface area contributed by atoms with Crippen LogP contribution in [-0.4, -0.2) is 64.0 Å². The van der Waals surface area contributed by atoms with Crippen molar-refractivity contribution < 1.29 is 20.1 Å². The van der Waals surface area contributed by atoms with Gasteiger partial charge in [-0.15, -0.1) is 0 Å². The second-order valence-electron chi connectivity index (χ2n) is 5.14. The maximum absolute atomic E-state index is 10.5. The van der Waals surface area contributed by atoms with Gasteiger partial charge in [0.05, 0.1) is 0 Å². The van der Waals surface area contributed by atoms with E-state index in [-0.39, 0.29) is 17.7 Å². The van der Waals surface area contributed by atoms with Crippen LogP contribution in [0.1, 0.15) is 13.2 Å². The first-order chi connectivity index (χ1) is 9.86. The highest BCUT2D eigenvalue weighted by molar-refractivity contribution is 6.33. The Kier molecular flexibility index (Phi) is 3.26. The first-order valence-corrected chi connectivity index (χ1v) is 6.61. The largest absolute Gasteiger partial charge is 0.406 e. The molecule has 0 amide bonds. The van der Waals surface area contributed by atoms with Crippen molar-refractivity contribution >= 4 is 28.7 Å². The Hall–Kier alpha value is -1.52. The van der Waals surface area contributed by atoms with E-state index in [1.54, 1.807) is 0 Å². The number of aliphatic hydroxyl groups excluding tert-OH is 2. The van der Waals surface area contributed by atoms with Gasteiger partial charge in [0.25, 0.3) is 6.23 Å². The lowest BCUT2D eigenvalue weighted by Crippen LogP contribution is -2.44. The Morgan fingerprint density at radius 2 is 2.24 bits per heavy atom. The van der Waals surface area contributed by atoms with Crippen LogP contribution in [-0.2, 0) is 0 Å². The van der Waals surface area contributed by atoms with Gasteiger partial charge in [-0.3, -0.25) is 0 Å². The summed E-state index contributed by atoms with van der Waals surface area (Å²) in [7, 11) is 0. The van der Waals surface area contributed by atoms with Crippen LogP contribution in [0.2, 0.25) is 5.15 Å². The van der Waals surface area contributed by atoms with E-state index in [1.807, 2.05) is 0 Å². The van der Waals surface area contributed by atoms with E-state index >= 15 is 0 Å². The Balaban J connectivity index is 2.13. The quantitative estimate of drug-likeness (QED) is 0.393. The third kappa shape index (κ3) is 2.05. The number of halogens is 1. The van der Waals surface area contributed by atoms with E-state index in [1.165, 1.54) is 17.8 Å². The molecule has 3 rings (SSSR count). The van der Waals surface area contributed by atoms with Gasteiger partial charge in [-0.2, -0.15) is 9.97 Å². The molecule has 0 spiro atoms. The highest BCUT2D eigenvalue weighted by atomic mass is 35.5. The van der Waals surface area contributed by atoms with Crippen LogP contribution < -0.4 is 5.73 Å². The number of imidazole rings is 1. The summed E-state index contributed by atoms with van der Waals surface area (Å²) in [4.78, 5) is 11.9. The number of ether oxygens (including phenoxy) is 1. The number of aliphatic hydroxyl groups is 5.